The molecule has 0 aromatic heterocycles. The summed E-state index contributed by atoms with van der Waals surface area (Å²) in [6, 6.07) is 6.38. The number of hydrogen-bond donors (Lipinski definition) is 2. The molecule has 0 amide bonds. The van der Waals surface area contributed by atoms with Crippen LogP contribution in [-0.4, -0.2) is 64.4 Å². The Balaban J connectivity index is 1.61. The summed E-state index contributed by atoms with van der Waals surface area (Å²) in [5.41, 5.74) is 2.43. The van der Waals surface area contributed by atoms with Crippen LogP contribution in [-0.2, 0) is 0 Å². The summed E-state index contributed by atoms with van der Waals surface area (Å²) in [6.45, 7) is 8.46. The zero-order valence-corrected chi connectivity index (χ0v) is 13.6. The predicted octanol–water partition coefficient (Wildman–Crippen LogP) is 1.61. The van der Waals surface area contributed by atoms with E-state index in [9.17, 15) is 0 Å². The van der Waals surface area contributed by atoms with Crippen molar-refractivity contribution in [2.24, 2.45) is 0 Å². The first-order valence-electron chi connectivity index (χ1n) is 8.49. The third-order valence-electron chi connectivity index (χ3n) is 4.57. The molecule has 0 bridgehead atoms. The Morgan fingerprint density at radius 2 is 1.91 bits per heavy atom. The summed E-state index contributed by atoms with van der Waals surface area (Å²) in [7, 11) is 1.98. The second kappa shape index (κ2) is 7.70. The van der Waals surface area contributed by atoms with Crippen LogP contribution in [0.15, 0.2) is 18.2 Å². The lowest BCUT2D eigenvalue weighted by atomic mass is 10.2. The van der Waals surface area contributed by atoms with Crippen LogP contribution < -0.4 is 20.3 Å². The number of piperazine rings is 1. The van der Waals surface area contributed by atoms with Gasteiger partial charge in [0.1, 0.15) is 12.4 Å². The molecule has 0 atom stereocenters. The van der Waals surface area contributed by atoms with Gasteiger partial charge in [0.05, 0.1) is 11.4 Å². The average Bonchev–Trinajstić information content (AvgIpc) is 3.09. The lowest BCUT2D eigenvalue weighted by molar-refractivity contribution is 0.238. The van der Waals surface area contributed by atoms with Crippen molar-refractivity contribution in [2.75, 3.05) is 69.7 Å². The van der Waals surface area contributed by atoms with E-state index in [4.69, 9.17) is 4.74 Å². The molecule has 122 valence electrons. The van der Waals surface area contributed by atoms with Gasteiger partial charge in [0.15, 0.2) is 0 Å². The number of rotatable bonds is 6. The smallest absolute Gasteiger partial charge is 0.121 e. The van der Waals surface area contributed by atoms with Gasteiger partial charge in [0.2, 0.25) is 0 Å². The molecule has 0 spiro atoms. The molecule has 2 saturated heterocycles. The lowest BCUT2D eigenvalue weighted by Crippen LogP contribution is -2.43. The molecule has 0 saturated carbocycles. The van der Waals surface area contributed by atoms with E-state index in [1.807, 2.05) is 7.05 Å². The van der Waals surface area contributed by atoms with Gasteiger partial charge in [-0.15, -0.1) is 0 Å². The van der Waals surface area contributed by atoms with E-state index in [1.165, 1.54) is 37.3 Å². The summed E-state index contributed by atoms with van der Waals surface area (Å²) < 4.78 is 5.99. The largest absolute Gasteiger partial charge is 0.492 e. The zero-order valence-electron chi connectivity index (χ0n) is 13.6. The fourth-order valence-electron chi connectivity index (χ4n) is 3.28. The van der Waals surface area contributed by atoms with Gasteiger partial charge in [0, 0.05) is 45.8 Å². The van der Waals surface area contributed by atoms with E-state index in [0.29, 0.717) is 0 Å². The third-order valence-corrected chi connectivity index (χ3v) is 4.57. The van der Waals surface area contributed by atoms with Crippen LogP contribution in [0.4, 0.5) is 11.4 Å². The molecule has 3 rings (SSSR count). The highest BCUT2D eigenvalue weighted by atomic mass is 16.5. The van der Waals surface area contributed by atoms with Gasteiger partial charge in [-0.25, -0.2) is 0 Å². The summed E-state index contributed by atoms with van der Waals surface area (Å²) in [4.78, 5) is 4.91. The van der Waals surface area contributed by atoms with Gasteiger partial charge in [-0.05, 0) is 38.1 Å². The van der Waals surface area contributed by atoms with Crippen LogP contribution in [0.2, 0.25) is 0 Å². The van der Waals surface area contributed by atoms with Crippen molar-refractivity contribution in [1.82, 2.24) is 10.2 Å². The average molecular weight is 304 g/mol. The molecule has 2 heterocycles. The minimum Gasteiger partial charge on any atom is -0.492 e. The van der Waals surface area contributed by atoms with Crippen molar-refractivity contribution < 1.29 is 4.74 Å². The Morgan fingerprint density at radius 3 is 2.64 bits per heavy atom. The van der Waals surface area contributed by atoms with Crippen LogP contribution >= 0.6 is 0 Å². The molecule has 0 radical (unpaired) electrons. The number of hydrogen-bond acceptors (Lipinski definition) is 5. The number of likely N-dealkylation sites (tertiary alicyclic amines) is 1. The van der Waals surface area contributed by atoms with Crippen LogP contribution in [0, 0.1) is 0 Å². The number of nitrogens with one attached hydrogen (secondary N) is 2. The van der Waals surface area contributed by atoms with Crippen LogP contribution in [0.3, 0.4) is 0 Å². The highest BCUT2D eigenvalue weighted by Gasteiger charge is 2.15. The Hall–Kier alpha value is -1.46. The summed E-state index contributed by atoms with van der Waals surface area (Å²) >= 11 is 0. The van der Waals surface area contributed by atoms with Crippen molar-refractivity contribution in [3.05, 3.63) is 18.2 Å². The highest BCUT2D eigenvalue weighted by Crippen LogP contribution is 2.30. The molecule has 2 N–H and O–H groups in total. The molecule has 5 heteroatoms. The van der Waals surface area contributed by atoms with E-state index in [2.05, 4.69) is 38.6 Å². The van der Waals surface area contributed by atoms with Gasteiger partial charge in [-0.2, -0.15) is 0 Å². The van der Waals surface area contributed by atoms with E-state index in [1.54, 1.807) is 0 Å². The Labute approximate surface area is 133 Å². The Morgan fingerprint density at radius 1 is 1.14 bits per heavy atom. The first-order chi connectivity index (χ1) is 10.9. The minimum absolute atomic E-state index is 0.778. The van der Waals surface area contributed by atoms with Crippen molar-refractivity contribution in [3.63, 3.8) is 0 Å². The van der Waals surface area contributed by atoms with E-state index in [0.717, 1.165) is 45.1 Å². The van der Waals surface area contributed by atoms with E-state index >= 15 is 0 Å². The number of ether oxygens (including phenoxy) is 1. The molecule has 2 aliphatic rings. The molecular formula is C17H28N4O. The second-order valence-corrected chi connectivity index (χ2v) is 6.06. The van der Waals surface area contributed by atoms with E-state index in [-0.39, 0.29) is 0 Å². The summed E-state index contributed by atoms with van der Waals surface area (Å²) in [6.07, 6.45) is 2.67. The molecule has 22 heavy (non-hydrogen) atoms. The highest BCUT2D eigenvalue weighted by molar-refractivity contribution is 5.72. The molecular weight excluding hydrogens is 276 g/mol. The number of anilines is 2. The SMILES string of the molecule is CNc1ccc(OCCN2CCCC2)cc1N1CCNCC1. The van der Waals surface area contributed by atoms with Crippen LogP contribution in [0.25, 0.3) is 0 Å². The van der Waals surface area contributed by atoms with Gasteiger partial charge in [-0.3, -0.25) is 4.90 Å². The maximum atomic E-state index is 5.99. The number of benzene rings is 1. The molecule has 2 aliphatic heterocycles. The fraction of sp³-hybridized carbons (Fsp3) is 0.647. The van der Waals surface area contributed by atoms with Crippen LogP contribution in [0.1, 0.15) is 12.8 Å². The Bertz CT molecular complexity index is 468. The third kappa shape index (κ3) is 3.84. The van der Waals surface area contributed by atoms with E-state index < -0.39 is 0 Å². The van der Waals surface area contributed by atoms with Crippen molar-refractivity contribution in [2.45, 2.75) is 12.8 Å². The topological polar surface area (TPSA) is 39.8 Å². The maximum Gasteiger partial charge on any atom is 0.121 e. The molecule has 5 nitrogen and oxygen atoms in total. The molecule has 1 aromatic rings. The molecule has 0 aliphatic carbocycles. The van der Waals surface area contributed by atoms with Gasteiger partial charge in [-0.1, -0.05) is 0 Å². The fourth-order valence-corrected chi connectivity index (χ4v) is 3.28. The minimum atomic E-state index is 0.778. The van der Waals surface area contributed by atoms with Crippen LogP contribution in [0.5, 0.6) is 5.75 Å². The first-order valence-corrected chi connectivity index (χ1v) is 8.49. The monoisotopic (exact) mass is 304 g/mol. The zero-order chi connectivity index (χ0) is 15.2. The molecule has 1 aromatic carbocycles. The van der Waals surface area contributed by atoms with Gasteiger partial charge >= 0.3 is 0 Å². The number of nitrogens with zero attached hydrogens (tertiary/aromatic N) is 2. The first kappa shape index (κ1) is 15.4. The molecule has 2 fully saturated rings. The quantitative estimate of drug-likeness (QED) is 0.835. The summed E-state index contributed by atoms with van der Waals surface area (Å²) in [5, 5.41) is 6.70. The lowest BCUT2D eigenvalue weighted by Gasteiger charge is -2.31. The second-order valence-electron chi connectivity index (χ2n) is 6.06. The van der Waals surface area contributed by atoms with Crippen molar-refractivity contribution in [3.8, 4) is 5.75 Å². The van der Waals surface area contributed by atoms with Gasteiger partial charge < -0.3 is 20.3 Å². The predicted molar refractivity (Wildman–Crippen MR) is 92.2 cm³/mol. The van der Waals surface area contributed by atoms with Crippen molar-refractivity contribution >= 4 is 11.4 Å². The normalized spacial score (nSPS) is 19.4. The Kier molecular flexibility index (Phi) is 5.40. The van der Waals surface area contributed by atoms with Crippen molar-refractivity contribution in [1.29, 1.82) is 0 Å². The summed E-state index contributed by atoms with van der Waals surface area (Å²) in [5.74, 6) is 0.978. The maximum absolute atomic E-state index is 5.99. The standard InChI is InChI=1S/C17H28N4O/c1-18-16-5-4-15(22-13-12-20-8-2-3-9-20)14-17(16)21-10-6-19-7-11-21/h4-5,14,18-19H,2-3,6-13H2,1H3. The molecule has 0 unspecified atom stereocenters. The van der Waals surface area contributed by atoms with Gasteiger partial charge in [0.25, 0.3) is 0 Å².